The molecule has 0 saturated heterocycles. The lowest BCUT2D eigenvalue weighted by Crippen LogP contribution is -2.10. The van der Waals surface area contributed by atoms with Gasteiger partial charge in [0.1, 0.15) is 0 Å². The van der Waals surface area contributed by atoms with Crippen LogP contribution in [0, 0.1) is 31.9 Å². The molecule has 3 aromatic heterocycles. The Labute approximate surface area is 413 Å². The molecule has 0 bridgehead atoms. The van der Waals surface area contributed by atoms with E-state index in [-0.39, 0.29) is 9.92 Å². The van der Waals surface area contributed by atoms with Crippen LogP contribution in [0.4, 0.5) is 0 Å². The van der Waals surface area contributed by atoms with Crippen molar-refractivity contribution >= 4 is 108 Å². The Morgan fingerprint density at radius 3 is 1.92 bits per heavy atom. The lowest BCUT2D eigenvalue weighted by atomic mass is 10.0. The quantitative estimate of drug-likeness (QED) is 0.111. The van der Waals surface area contributed by atoms with Crippen molar-refractivity contribution in [2.75, 3.05) is 6.54 Å². The highest BCUT2D eigenvalue weighted by molar-refractivity contribution is 7.91. The van der Waals surface area contributed by atoms with Gasteiger partial charge in [-0.25, -0.2) is 26.5 Å². The van der Waals surface area contributed by atoms with Gasteiger partial charge in [0.2, 0.25) is 6.54 Å². The first-order valence-corrected chi connectivity index (χ1v) is 24.5. The molecule has 5 aromatic carbocycles. The number of halogens is 6. The number of hydrogen-bond donors (Lipinski definition) is 2. The molecule has 10 rings (SSSR count). The Morgan fingerprint density at radius 2 is 1.35 bits per heavy atom. The van der Waals surface area contributed by atoms with Crippen molar-refractivity contribution in [2.24, 2.45) is 11.8 Å². The standard InChI is InChI=1S/C21H16Cl3N3.C15H11Cl2NO2S.C9H6ClNO.C5H7N/c22-14-4-5-15-16(9-25-19(15)8-14)21-20(13-3-6-17(23)18(24)7-13)26-11-27(21)10-12-1-2-12;1-10-3-6-12(7-4-10)21(19,20)15(18-2)11-5-8-13(16)14(17)9-11;10-7-1-2-8-6(5-12)4-11-9(8)3-7;1-6-4-5-2-3-5/h3-9,11-12,25H,1-2,10H2;3-9,15H,1H3;1-5,11H;5H,2-4H2. The maximum absolute atomic E-state index is 12.6. The first-order chi connectivity index (χ1) is 31.7. The van der Waals surface area contributed by atoms with Crippen molar-refractivity contribution in [1.82, 2.24) is 19.5 Å². The van der Waals surface area contributed by atoms with Crippen LogP contribution in [0.25, 0.3) is 54.0 Å². The minimum Gasteiger partial charge on any atom is -0.360 e. The van der Waals surface area contributed by atoms with Gasteiger partial charge in [-0.15, -0.1) is 0 Å². The highest BCUT2D eigenvalue weighted by Crippen LogP contribution is 2.41. The number of carbonyl (C=O) groups excluding carboxylic acids is 1. The van der Waals surface area contributed by atoms with Crippen LogP contribution < -0.4 is 0 Å². The van der Waals surface area contributed by atoms with Gasteiger partial charge in [0.05, 0.1) is 48.3 Å². The number of H-pyrrole nitrogens is 2. The summed E-state index contributed by atoms with van der Waals surface area (Å²) in [6.07, 6.45) is 11.6. The number of rotatable bonds is 9. The summed E-state index contributed by atoms with van der Waals surface area (Å²) in [4.78, 5) is 28.2. The van der Waals surface area contributed by atoms with Crippen LogP contribution >= 0.6 is 69.6 Å². The molecular formula is C50H40Cl6N6O3S. The molecule has 2 aliphatic rings. The summed E-state index contributed by atoms with van der Waals surface area (Å²) in [6.45, 7) is 17.3. The average molecular weight is 1020 g/mol. The molecule has 8 aromatic rings. The minimum absolute atomic E-state index is 0.111. The Hall–Kier alpha value is -5.27. The smallest absolute Gasteiger partial charge is 0.350 e. The zero-order valence-corrected chi connectivity index (χ0v) is 40.6. The van der Waals surface area contributed by atoms with Gasteiger partial charge in [-0.05, 0) is 105 Å². The summed E-state index contributed by atoms with van der Waals surface area (Å²) in [6, 6.07) is 27.8. The van der Waals surface area contributed by atoms with E-state index >= 15 is 0 Å². The SMILES string of the molecule is Clc1ccc2c(-c3c(-c4ccc(Cl)c(Cl)c4)ncn3CC3CC3)c[nH]c2c1.O=Cc1c[nH]c2cc(Cl)ccc12.[C-]#[N+]C(c1ccc(Cl)c(Cl)c1)S(=O)(=O)c1ccc(C)cc1.[C-]#[N+]CC1CC1. The number of aromatic amines is 2. The van der Waals surface area contributed by atoms with Crippen LogP contribution in [-0.2, 0) is 16.4 Å². The molecule has 1 atom stereocenters. The summed E-state index contributed by atoms with van der Waals surface area (Å²) in [7, 11) is -3.81. The van der Waals surface area contributed by atoms with E-state index in [0.29, 0.717) is 36.2 Å². The molecule has 66 heavy (non-hydrogen) atoms. The predicted octanol–water partition coefficient (Wildman–Crippen LogP) is 15.7. The molecule has 0 radical (unpaired) electrons. The van der Waals surface area contributed by atoms with E-state index in [2.05, 4.69) is 30.3 Å². The van der Waals surface area contributed by atoms with E-state index < -0.39 is 15.2 Å². The van der Waals surface area contributed by atoms with Crippen LogP contribution in [0.15, 0.2) is 121 Å². The molecule has 2 aliphatic carbocycles. The van der Waals surface area contributed by atoms with Crippen LogP contribution in [0.2, 0.25) is 30.1 Å². The van der Waals surface area contributed by atoms with Gasteiger partial charge in [-0.2, -0.15) is 0 Å². The highest BCUT2D eigenvalue weighted by Gasteiger charge is 2.35. The number of sulfone groups is 1. The minimum atomic E-state index is -3.81. The molecule has 16 heteroatoms. The van der Waals surface area contributed by atoms with Crippen LogP contribution in [0.3, 0.4) is 0 Å². The van der Waals surface area contributed by atoms with Crippen molar-refractivity contribution in [1.29, 1.82) is 0 Å². The number of aryl methyl sites for hydroxylation is 1. The van der Waals surface area contributed by atoms with E-state index in [1.54, 1.807) is 30.5 Å². The topological polar surface area (TPSA) is 109 Å². The third-order valence-electron chi connectivity index (χ3n) is 10.9. The maximum atomic E-state index is 12.6. The van der Waals surface area contributed by atoms with Crippen LogP contribution in [0.1, 0.15) is 52.5 Å². The molecule has 0 amide bonds. The fraction of sp³-hybridized carbons (Fsp3) is 0.200. The molecule has 3 heterocycles. The molecule has 2 saturated carbocycles. The molecule has 9 nitrogen and oxygen atoms in total. The van der Waals surface area contributed by atoms with Gasteiger partial charge < -0.3 is 19.4 Å². The van der Waals surface area contributed by atoms with Gasteiger partial charge in [0.25, 0.3) is 9.84 Å². The largest absolute Gasteiger partial charge is 0.360 e. The summed E-state index contributed by atoms with van der Waals surface area (Å²) >= 11 is 36.0. The normalized spacial score (nSPS) is 13.5. The van der Waals surface area contributed by atoms with E-state index in [0.717, 1.165) is 81.1 Å². The molecule has 2 N–H and O–H groups in total. The number of fused-ring (bicyclic) bond motifs is 2. The summed E-state index contributed by atoms with van der Waals surface area (Å²) in [5.74, 6) is 1.53. The number of benzene rings is 5. The summed E-state index contributed by atoms with van der Waals surface area (Å²) in [5.41, 5.74) is 7.89. The van der Waals surface area contributed by atoms with Crippen molar-refractivity contribution < 1.29 is 13.2 Å². The monoisotopic (exact) mass is 1010 g/mol. The maximum Gasteiger partial charge on any atom is 0.350 e. The zero-order valence-electron chi connectivity index (χ0n) is 35.2. The summed E-state index contributed by atoms with van der Waals surface area (Å²) in [5, 5.41) is 3.69. The number of aldehydes is 1. The first-order valence-electron chi connectivity index (χ1n) is 20.6. The fourth-order valence-electron chi connectivity index (χ4n) is 7.02. The molecular weight excluding hydrogens is 977 g/mol. The second kappa shape index (κ2) is 21.6. The third kappa shape index (κ3) is 11.8. The number of hydrogen-bond acceptors (Lipinski definition) is 4. The first kappa shape index (κ1) is 48.7. The predicted molar refractivity (Wildman–Crippen MR) is 270 cm³/mol. The molecule has 2 fully saturated rings. The van der Waals surface area contributed by atoms with Crippen LogP contribution in [-0.4, -0.2) is 40.8 Å². The van der Waals surface area contributed by atoms with E-state index in [9.17, 15) is 13.2 Å². The number of carbonyl (C=O) groups is 1. The number of imidazole rings is 1. The Balaban J connectivity index is 0.000000146. The number of nitrogens with zero attached hydrogens (tertiary/aromatic N) is 4. The lowest BCUT2D eigenvalue weighted by molar-refractivity contribution is 0.112. The van der Waals surface area contributed by atoms with Crippen molar-refractivity contribution in [2.45, 2.75) is 49.4 Å². The second-order valence-corrected chi connectivity index (χ2v) is 20.4. The van der Waals surface area contributed by atoms with Gasteiger partial charge in [-0.1, -0.05) is 106 Å². The van der Waals surface area contributed by atoms with E-state index in [1.807, 2.05) is 55.8 Å². The molecule has 336 valence electrons. The molecule has 0 spiro atoms. The molecule has 0 aliphatic heterocycles. The van der Waals surface area contributed by atoms with Crippen molar-refractivity contribution in [3.8, 4) is 22.5 Å². The fourth-order valence-corrected chi connectivity index (χ4v) is 9.39. The number of aromatic nitrogens is 4. The van der Waals surface area contributed by atoms with E-state index in [4.69, 9.17) is 87.7 Å². The van der Waals surface area contributed by atoms with Crippen LogP contribution in [0.5, 0.6) is 0 Å². The number of nitrogens with one attached hydrogen (secondary N) is 2. The second-order valence-electron chi connectivity index (χ2n) is 15.9. The van der Waals surface area contributed by atoms with Crippen molar-refractivity contribution in [3.05, 3.63) is 185 Å². The Kier molecular flexibility index (Phi) is 15.9. The average Bonchev–Trinajstić information content (AvgIpc) is 4.18. The van der Waals surface area contributed by atoms with Crippen molar-refractivity contribution in [3.63, 3.8) is 0 Å². The Bertz CT molecular complexity index is 3230. The third-order valence-corrected chi connectivity index (χ3v) is 14.8. The van der Waals surface area contributed by atoms with Gasteiger partial charge in [0, 0.05) is 73.4 Å². The summed E-state index contributed by atoms with van der Waals surface area (Å²) < 4.78 is 27.4. The van der Waals surface area contributed by atoms with Gasteiger partial charge >= 0.3 is 5.37 Å². The van der Waals surface area contributed by atoms with Gasteiger partial charge in [0.15, 0.2) is 6.29 Å². The Morgan fingerprint density at radius 1 is 0.742 bits per heavy atom. The lowest BCUT2D eigenvalue weighted by Gasteiger charge is -2.10. The highest BCUT2D eigenvalue weighted by atomic mass is 35.5. The zero-order chi connectivity index (χ0) is 47.1. The molecule has 1 unspecified atom stereocenters. The van der Waals surface area contributed by atoms with E-state index in [1.165, 1.54) is 56.0 Å². The van der Waals surface area contributed by atoms with Gasteiger partial charge in [-0.3, -0.25) is 9.64 Å².